The van der Waals surface area contributed by atoms with Gasteiger partial charge in [-0.3, -0.25) is 19.2 Å². The fourth-order valence-corrected chi connectivity index (χ4v) is 6.61. The quantitative estimate of drug-likeness (QED) is 0.117. The van der Waals surface area contributed by atoms with Crippen LogP contribution in [0.4, 0.5) is 0 Å². The van der Waals surface area contributed by atoms with Crippen LogP contribution in [0, 0.1) is 23.7 Å². The van der Waals surface area contributed by atoms with E-state index in [0.29, 0.717) is 43.0 Å². The molecule has 2 saturated heterocycles. The van der Waals surface area contributed by atoms with E-state index in [1.807, 2.05) is 83.8 Å². The number of amides is 2. The van der Waals surface area contributed by atoms with Crippen LogP contribution in [0.2, 0.25) is 0 Å². The van der Waals surface area contributed by atoms with E-state index in [1.54, 1.807) is 35.2 Å². The Hall–Kier alpha value is -4.32. The SMILES string of the molecule is O=C(C(=O)C1CCN(C(=O)c2ccccc2)CC1)c1cccc(Br)c1.O=C(c1ccccc1)N1CCC(C#Cc2cccc(Br)c2)CC1. The predicted octanol–water partition coefficient (Wildman–Crippen LogP) is 8.11. The van der Waals surface area contributed by atoms with Gasteiger partial charge in [0.2, 0.25) is 11.6 Å². The zero-order valence-corrected chi connectivity index (χ0v) is 29.7. The number of carbonyl (C=O) groups is 4. The molecule has 0 aromatic heterocycles. The monoisotopic (exact) mass is 766 g/mol. The summed E-state index contributed by atoms with van der Waals surface area (Å²) in [4.78, 5) is 53.4. The maximum atomic E-state index is 12.5. The Labute approximate surface area is 298 Å². The number of halogens is 2. The molecule has 2 heterocycles. The summed E-state index contributed by atoms with van der Waals surface area (Å²) in [5.74, 6) is 5.96. The lowest BCUT2D eigenvalue weighted by atomic mass is 9.88. The Morgan fingerprint density at radius 2 is 1.04 bits per heavy atom. The van der Waals surface area contributed by atoms with Gasteiger partial charge in [-0.2, -0.15) is 0 Å². The van der Waals surface area contributed by atoms with Crippen molar-refractivity contribution in [3.8, 4) is 11.8 Å². The number of hydrogen-bond acceptors (Lipinski definition) is 4. The highest BCUT2D eigenvalue weighted by Crippen LogP contribution is 2.23. The summed E-state index contributed by atoms with van der Waals surface area (Å²) in [6, 6.07) is 33.5. The minimum absolute atomic E-state index is 0.0233. The zero-order valence-electron chi connectivity index (χ0n) is 26.5. The van der Waals surface area contributed by atoms with Crippen LogP contribution in [0.25, 0.3) is 0 Å². The van der Waals surface area contributed by atoms with Crippen LogP contribution in [-0.2, 0) is 4.79 Å². The highest BCUT2D eigenvalue weighted by molar-refractivity contribution is 9.10. The first-order valence-electron chi connectivity index (χ1n) is 16.1. The van der Waals surface area contributed by atoms with E-state index in [9.17, 15) is 19.2 Å². The van der Waals surface area contributed by atoms with Gasteiger partial charge in [0.1, 0.15) is 0 Å². The molecule has 2 fully saturated rings. The van der Waals surface area contributed by atoms with Crippen molar-refractivity contribution in [3.63, 3.8) is 0 Å². The number of Topliss-reactive ketones (excluding diaryl/α,β-unsaturated/α-hetero) is 2. The minimum Gasteiger partial charge on any atom is -0.339 e. The minimum atomic E-state index is -0.450. The number of carbonyl (C=O) groups excluding carboxylic acids is 4. The number of likely N-dealkylation sites (tertiary alicyclic amines) is 2. The Kier molecular flexibility index (Phi) is 12.5. The largest absolute Gasteiger partial charge is 0.339 e. The van der Waals surface area contributed by atoms with E-state index in [0.717, 1.165) is 46.0 Å². The highest BCUT2D eigenvalue weighted by atomic mass is 79.9. The summed E-state index contributed by atoms with van der Waals surface area (Å²) in [5, 5.41) is 0. The van der Waals surface area contributed by atoms with Gasteiger partial charge >= 0.3 is 0 Å². The van der Waals surface area contributed by atoms with Crippen LogP contribution in [0.15, 0.2) is 118 Å². The number of nitrogens with zero attached hydrogens (tertiary/aromatic N) is 2. The molecule has 0 N–H and O–H groups in total. The summed E-state index contributed by atoms with van der Waals surface area (Å²) in [7, 11) is 0. The fraction of sp³-hybridized carbons (Fsp3) is 0.250. The summed E-state index contributed by atoms with van der Waals surface area (Å²) < 4.78 is 1.82. The first-order chi connectivity index (χ1) is 23.3. The number of rotatable bonds is 5. The van der Waals surface area contributed by atoms with Gasteiger partial charge in [0.05, 0.1) is 0 Å². The van der Waals surface area contributed by atoms with Crippen LogP contribution < -0.4 is 0 Å². The van der Waals surface area contributed by atoms with Gasteiger partial charge in [0.15, 0.2) is 0 Å². The van der Waals surface area contributed by atoms with Crippen LogP contribution in [0.5, 0.6) is 0 Å². The molecule has 2 aliphatic heterocycles. The molecule has 0 atom stereocenters. The van der Waals surface area contributed by atoms with E-state index in [2.05, 4.69) is 43.7 Å². The normalized spacial score (nSPS) is 15.0. The lowest BCUT2D eigenvalue weighted by Crippen LogP contribution is -2.41. The van der Waals surface area contributed by atoms with Crippen molar-refractivity contribution in [1.29, 1.82) is 0 Å². The Bertz CT molecular complexity index is 1800. The number of hydrogen-bond donors (Lipinski definition) is 0. The molecule has 4 aromatic rings. The van der Waals surface area contributed by atoms with Gasteiger partial charge in [0, 0.05) is 69.2 Å². The topological polar surface area (TPSA) is 74.8 Å². The third-order valence-corrected chi connectivity index (χ3v) is 9.52. The van der Waals surface area contributed by atoms with Gasteiger partial charge < -0.3 is 9.80 Å². The molecule has 0 unspecified atom stereocenters. The Morgan fingerprint density at radius 1 is 0.562 bits per heavy atom. The molecule has 244 valence electrons. The molecule has 0 aliphatic carbocycles. The van der Waals surface area contributed by atoms with E-state index in [-0.39, 0.29) is 23.5 Å². The first kappa shape index (κ1) is 35.0. The van der Waals surface area contributed by atoms with Gasteiger partial charge in [0.25, 0.3) is 11.8 Å². The van der Waals surface area contributed by atoms with Crippen molar-refractivity contribution in [2.75, 3.05) is 26.2 Å². The molecule has 0 spiro atoms. The molecule has 0 bridgehead atoms. The second-order valence-corrected chi connectivity index (χ2v) is 13.7. The maximum absolute atomic E-state index is 12.5. The smallest absolute Gasteiger partial charge is 0.253 e. The lowest BCUT2D eigenvalue weighted by Gasteiger charge is -2.31. The highest BCUT2D eigenvalue weighted by Gasteiger charge is 2.31. The van der Waals surface area contributed by atoms with Crippen molar-refractivity contribution in [3.05, 3.63) is 140 Å². The van der Waals surface area contributed by atoms with Crippen LogP contribution in [0.1, 0.15) is 62.3 Å². The molecule has 6 nitrogen and oxygen atoms in total. The molecule has 48 heavy (non-hydrogen) atoms. The maximum Gasteiger partial charge on any atom is 0.253 e. The van der Waals surface area contributed by atoms with E-state index in [1.165, 1.54) is 0 Å². The van der Waals surface area contributed by atoms with Crippen LogP contribution in [0.3, 0.4) is 0 Å². The molecular formula is C40H36Br2N2O4. The van der Waals surface area contributed by atoms with Crippen molar-refractivity contribution in [2.45, 2.75) is 25.7 Å². The van der Waals surface area contributed by atoms with E-state index >= 15 is 0 Å². The third-order valence-electron chi connectivity index (χ3n) is 8.53. The molecule has 6 rings (SSSR count). The molecular weight excluding hydrogens is 732 g/mol. The average Bonchev–Trinajstić information content (AvgIpc) is 3.14. The Morgan fingerprint density at radius 3 is 1.56 bits per heavy atom. The van der Waals surface area contributed by atoms with Crippen molar-refractivity contribution >= 4 is 55.2 Å². The number of piperidine rings is 2. The van der Waals surface area contributed by atoms with Crippen LogP contribution >= 0.6 is 31.9 Å². The first-order valence-corrected chi connectivity index (χ1v) is 17.7. The number of benzene rings is 4. The molecule has 0 radical (unpaired) electrons. The van der Waals surface area contributed by atoms with Gasteiger partial charge in [-0.25, -0.2) is 0 Å². The fourth-order valence-electron chi connectivity index (χ4n) is 5.81. The third kappa shape index (κ3) is 9.62. The summed E-state index contributed by atoms with van der Waals surface area (Å²) in [5.41, 5.74) is 2.85. The lowest BCUT2D eigenvalue weighted by molar-refractivity contribution is -0.119. The molecule has 2 aliphatic rings. The summed E-state index contributed by atoms with van der Waals surface area (Å²) in [6.45, 7) is 2.56. The summed E-state index contributed by atoms with van der Waals surface area (Å²) >= 11 is 6.78. The average molecular weight is 769 g/mol. The van der Waals surface area contributed by atoms with Crippen LogP contribution in [-0.4, -0.2) is 59.4 Å². The molecule has 4 aromatic carbocycles. The van der Waals surface area contributed by atoms with Gasteiger partial charge in [-0.05, 0) is 80.3 Å². The van der Waals surface area contributed by atoms with Crippen molar-refractivity contribution in [2.24, 2.45) is 11.8 Å². The summed E-state index contributed by atoms with van der Waals surface area (Å²) in [6.07, 6.45) is 2.94. The molecule has 8 heteroatoms. The second kappa shape index (κ2) is 17.2. The van der Waals surface area contributed by atoms with E-state index < -0.39 is 5.78 Å². The van der Waals surface area contributed by atoms with Gasteiger partial charge in [-0.1, -0.05) is 98.3 Å². The predicted molar refractivity (Wildman–Crippen MR) is 195 cm³/mol. The van der Waals surface area contributed by atoms with Crippen molar-refractivity contribution in [1.82, 2.24) is 9.80 Å². The molecule has 0 saturated carbocycles. The zero-order chi connectivity index (χ0) is 33.9. The Balaban J connectivity index is 0.000000188. The van der Waals surface area contributed by atoms with Crippen molar-refractivity contribution < 1.29 is 19.2 Å². The number of ketones is 2. The molecule has 2 amide bonds. The van der Waals surface area contributed by atoms with Gasteiger partial charge in [-0.15, -0.1) is 0 Å². The standard InChI is InChI=1S/C20H18BrNO3.C20H18BrNO/c21-17-8-4-7-16(13-17)19(24)18(23)14-9-11-22(12-10-14)20(25)15-5-2-1-3-6-15;21-19-8-4-5-17(15-19)10-9-16-11-13-22(14-12-16)20(23)18-6-2-1-3-7-18/h1-8,13-14H,9-12H2;1-8,15-16H,11-14H2. The van der Waals surface area contributed by atoms with E-state index in [4.69, 9.17) is 0 Å². The second-order valence-electron chi connectivity index (χ2n) is 11.8.